The normalized spacial score (nSPS) is 20.5. The molecule has 0 amide bonds. The molecule has 1 nitrogen and oxygen atoms in total. The second-order valence-electron chi connectivity index (χ2n) is 4.10. The fraction of sp³-hybridized carbons (Fsp3) is 0.357. The Kier molecular flexibility index (Phi) is 3.00. The molecule has 0 heterocycles. The van der Waals surface area contributed by atoms with E-state index in [1.165, 1.54) is 5.57 Å². The van der Waals surface area contributed by atoms with Crippen LogP contribution in [0.25, 0.3) is 0 Å². The SMILES string of the molecule is CC1=C(C(=O)C2=CCCC=C2)C=CCC1. The van der Waals surface area contributed by atoms with Crippen molar-refractivity contribution in [3.8, 4) is 0 Å². The Hall–Kier alpha value is -1.37. The lowest BCUT2D eigenvalue weighted by atomic mass is 9.91. The summed E-state index contributed by atoms with van der Waals surface area (Å²) in [5.74, 6) is 0.194. The summed E-state index contributed by atoms with van der Waals surface area (Å²) < 4.78 is 0. The van der Waals surface area contributed by atoms with E-state index in [0.717, 1.165) is 36.8 Å². The number of carbonyl (C=O) groups excluding carboxylic acids is 1. The zero-order chi connectivity index (χ0) is 10.7. The van der Waals surface area contributed by atoms with Gasteiger partial charge in [-0.2, -0.15) is 0 Å². The Bertz CT molecular complexity index is 392. The highest BCUT2D eigenvalue weighted by molar-refractivity contribution is 6.12. The second kappa shape index (κ2) is 4.43. The highest BCUT2D eigenvalue weighted by Gasteiger charge is 2.15. The highest BCUT2D eigenvalue weighted by Crippen LogP contribution is 2.23. The maximum atomic E-state index is 12.1. The van der Waals surface area contributed by atoms with Crippen LogP contribution in [0.5, 0.6) is 0 Å². The van der Waals surface area contributed by atoms with Crippen molar-refractivity contribution in [1.29, 1.82) is 0 Å². The van der Waals surface area contributed by atoms with Gasteiger partial charge in [0.25, 0.3) is 0 Å². The molecule has 0 aliphatic heterocycles. The smallest absolute Gasteiger partial charge is 0.192 e. The molecule has 0 fully saturated rings. The van der Waals surface area contributed by atoms with E-state index in [4.69, 9.17) is 0 Å². The molecule has 1 heteroatoms. The third-order valence-corrected chi connectivity index (χ3v) is 2.93. The maximum absolute atomic E-state index is 12.1. The molecule has 0 unspecified atom stereocenters. The maximum Gasteiger partial charge on any atom is 0.192 e. The van der Waals surface area contributed by atoms with E-state index in [1.807, 2.05) is 18.2 Å². The molecule has 0 atom stereocenters. The molecule has 78 valence electrons. The molecule has 0 aromatic rings. The lowest BCUT2D eigenvalue weighted by molar-refractivity contribution is -0.111. The molecular weight excluding hydrogens is 184 g/mol. The molecule has 2 rings (SSSR count). The van der Waals surface area contributed by atoms with E-state index in [9.17, 15) is 4.79 Å². The molecule has 0 radical (unpaired) electrons. The Morgan fingerprint density at radius 1 is 1.13 bits per heavy atom. The van der Waals surface area contributed by atoms with Crippen LogP contribution in [0, 0.1) is 0 Å². The van der Waals surface area contributed by atoms with Crippen molar-refractivity contribution >= 4 is 5.78 Å². The van der Waals surface area contributed by atoms with Crippen LogP contribution in [0.3, 0.4) is 0 Å². The van der Waals surface area contributed by atoms with Gasteiger partial charge in [0.2, 0.25) is 0 Å². The molecular formula is C14H16O. The standard InChI is InChI=1S/C14H16O/c1-11-7-5-6-10-13(11)14(15)12-8-3-2-4-9-12/h3,6,8-10H,2,4-5,7H2,1H3. The molecule has 0 N–H and O–H groups in total. The quantitative estimate of drug-likeness (QED) is 0.666. The monoisotopic (exact) mass is 200 g/mol. The highest BCUT2D eigenvalue weighted by atomic mass is 16.1. The minimum atomic E-state index is 0.194. The zero-order valence-corrected chi connectivity index (χ0v) is 9.12. The molecule has 0 spiro atoms. The minimum absolute atomic E-state index is 0.194. The third-order valence-electron chi connectivity index (χ3n) is 2.93. The molecule has 0 aromatic carbocycles. The summed E-state index contributed by atoms with van der Waals surface area (Å²) in [7, 11) is 0. The van der Waals surface area contributed by atoms with Crippen LogP contribution in [0.1, 0.15) is 32.6 Å². The van der Waals surface area contributed by atoms with E-state index in [-0.39, 0.29) is 5.78 Å². The largest absolute Gasteiger partial charge is 0.289 e. The summed E-state index contributed by atoms with van der Waals surface area (Å²) in [6, 6.07) is 0. The number of Topliss-reactive ketones (excluding diaryl/α,β-unsaturated/α-hetero) is 1. The first-order valence-electron chi connectivity index (χ1n) is 5.57. The summed E-state index contributed by atoms with van der Waals surface area (Å²) >= 11 is 0. The average Bonchev–Trinajstić information content (AvgIpc) is 2.30. The van der Waals surface area contributed by atoms with Gasteiger partial charge in [0, 0.05) is 11.1 Å². The summed E-state index contributed by atoms with van der Waals surface area (Å²) in [5.41, 5.74) is 2.99. The number of ketones is 1. The van der Waals surface area contributed by atoms with Crippen LogP contribution in [0.2, 0.25) is 0 Å². The topological polar surface area (TPSA) is 17.1 Å². The van der Waals surface area contributed by atoms with Crippen molar-refractivity contribution in [2.45, 2.75) is 32.6 Å². The lowest BCUT2D eigenvalue weighted by Gasteiger charge is -2.13. The van der Waals surface area contributed by atoms with Gasteiger partial charge in [0.05, 0.1) is 0 Å². The van der Waals surface area contributed by atoms with E-state index in [0.29, 0.717) is 0 Å². The molecule has 2 aliphatic rings. The van der Waals surface area contributed by atoms with Gasteiger partial charge in [-0.05, 0) is 32.6 Å². The number of hydrogen-bond acceptors (Lipinski definition) is 1. The predicted octanol–water partition coefficient (Wildman–Crippen LogP) is 3.50. The molecule has 0 saturated carbocycles. The molecule has 0 aromatic heterocycles. The van der Waals surface area contributed by atoms with Crippen LogP contribution < -0.4 is 0 Å². The molecule has 0 bridgehead atoms. The Morgan fingerprint density at radius 2 is 1.93 bits per heavy atom. The summed E-state index contributed by atoms with van der Waals surface area (Å²) in [6.45, 7) is 2.06. The van der Waals surface area contributed by atoms with Gasteiger partial charge in [0.15, 0.2) is 5.78 Å². The molecule has 0 saturated heterocycles. The second-order valence-corrected chi connectivity index (χ2v) is 4.10. The van der Waals surface area contributed by atoms with Gasteiger partial charge in [-0.1, -0.05) is 36.0 Å². The Labute approximate surface area is 90.9 Å². The van der Waals surface area contributed by atoms with Crippen molar-refractivity contribution in [3.63, 3.8) is 0 Å². The van der Waals surface area contributed by atoms with Crippen molar-refractivity contribution in [2.24, 2.45) is 0 Å². The summed E-state index contributed by atoms with van der Waals surface area (Å²) in [6.07, 6.45) is 14.3. The van der Waals surface area contributed by atoms with Gasteiger partial charge in [-0.25, -0.2) is 0 Å². The molecule has 2 aliphatic carbocycles. The number of carbonyl (C=O) groups is 1. The van der Waals surface area contributed by atoms with E-state index < -0.39 is 0 Å². The Balaban J connectivity index is 2.24. The number of hydrogen-bond donors (Lipinski definition) is 0. The van der Waals surface area contributed by atoms with Crippen molar-refractivity contribution < 1.29 is 4.79 Å². The minimum Gasteiger partial charge on any atom is -0.289 e. The van der Waals surface area contributed by atoms with E-state index in [1.54, 1.807) is 0 Å². The first kappa shape index (κ1) is 10.2. The summed E-state index contributed by atoms with van der Waals surface area (Å²) in [4.78, 5) is 12.1. The average molecular weight is 200 g/mol. The van der Waals surface area contributed by atoms with Crippen LogP contribution in [-0.2, 0) is 4.79 Å². The Morgan fingerprint density at radius 3 is 2.60 bits per heavy atom. The first-order chi connectivity index (χ1) is 7.29. The fourth-order valence-corrected chi connectivity index (χ4v) is 1.98. The number of rotatable bonds is 2. The lowest BCUT2D eigenvalue weighted by Crippen LogP contribution is -2.08. The molecule has 15 heavy (non-hydrogen) atoms. The van der Waals surface area contributed by atoms with Crippen molar-refractivity contribution in [2.75, 3.05) is 0 Å². The van der Waals surface area contributed by atoms with Crippen LogP contribution in [0.4, 0.5) is 0 Å². The van der Waals surface area contributed by atoms with Gasteiger partial charge >= 0.3 is 0 Å². The number of allylic oxidation sites excluding steroid dienone is 8. The predicted molar refractivity (Wildman–Crippen MR) is 62.5 cm³/mol. The van der Waals surface area contributed by atoms with Crippen LogP contribution in [-0.4, -0.2) is 5.78 Å². The van der Waals surface area contributed by atoms with Gasteiger partial charge < -0.3 is 0 Å². The zero-order valence-electron chi connectivity index (χ0n) is 9.12. The van der Waals surface area contributed by atoms with Crippen LogP contribution in [0.15, 0.2) is 47.1 Å². The third kappa shape index (κ3) is 2.17. The van der Waals surface area contributed by atoms with Crippen molar-refractivity contribution in [3.05, 3.63) is 47.1 Å². The fourth-order valence-electron chi connectivity index (χ4n) is 1.98. The van der Waals surface area contributed by atoms with Crippen LogP contribution >= 0.6 is 0 Å². The summed E-state index contributed by atoms with van der Waals surface area (Å²) in [5, 5.41) is 0. The van der Waals surface area contributed by atoms with Crippen molar-refractivity contribution in [1.82, 2.24) is 0 Å². The van der Waals surface area contributed by atoms with Gasteiger partial charge in [-0.3, -0.25) is 4.79 Å². The van der Waals surface area contributed by atoms with Gasteiger partial charge in [0.1, 0.15) is 0 Å². The van der Waals surface area contributed by atoms with E-state index in [2.05, 4.69) is 19.1 Å². The first-order valence-corrected chi connectivity index (χ1v) is 5.57. The van der Waals surface area contributed by atoms with Gasteiger partial charge in [-0.15, -0.1) is 0 Å². The van der Waals surface area contributed by atoms with E-state index >= 15 is 0 Å².